The second-order valence-corrected chi connectivity index (χ2v) is 11.9. The normalized spacial score (nSPS) is 14.3. The fourth-order valence-corrected chi connectivity index (χ4v) is 5.53. The Hall–Kier alpha value is -2.88. The van der Waals surface area contributed by atoms with Crippen molar-refractivity contribution in [1.29, 1.82) is 0 Å². The average Bonchev–Trinajstić information content (AvgIpc) is 3.73. The number of aryl methyl sites for hydroxylation is 3. The zero-order chi connectivity index (χ0) is 27.9. The molecule has 1 N–H and O–H groups in total. The van der Waals surface area contributed by atoms with E-state index in [-0.39, 0.29) is 0 Å². The van der Waals surface area contributed by atoms with Crippen LogP contribution in [0.1, 0.15) is 80.0 Å². The molecule has 3 heteroatoms. The Kier molecular flexibility index (Phi) is 9.69. The van der Waals surface area contributed by atoms with Gasteiger partial charge in [0.2, 0.25) is 0 Å². The van der Waals surface area contributed by atoms with Gasteiger partial charge in [-0.2, -0.15) is 12.6 Å². The summed E-state index contributed by atoms with van der Waals surface area (Å²) in [5, 5.41) is 11.6. The molecule has 0 bridgehead atoms. The largest absolute Gasteiger partial charge is 0.386 e. The van der Waals surface area contributed by atoms with Crippen LogP contribution in [0.15, 0.2) is 78.9 Å². The van der Waals surface area contributed by atoms with Gasteiger partial charge in [0.05, 0.1) is 16.8 Å². The first kappa shape index (κ1) is 29.1. The van der Waals surface area contributed by atoms with Crippen molar-refractivity contribution >= 4 is 35.7 Å². The van der Waals surface area contributed by atoms with Crippen molar-refractivity contribution in [3.8, 4) is 0 Å². The second-order valence-electron chi connectivity index (χ2n) is 11.6. The number of aromatic nitrogens is 1. The van der Waals surface area contributed by atoms with Gasteiger partial charge in [0.1, 0.15) is 0 Å². The lowest BCUT2D eigenvalue weighted by molar-refractivity contribution is 0.0776. The van der Waals surface area contributed by atoms with Crippen molar-refractivity contribution < 1.29 is 5.11 Å². The zero-order valence-electron chi connectivity index (χ0n) is 24.0. The van der Waals surface area contributed by atoms with Crippen LogP contribution < -0.4 is 0 Å². The summed E-state index contributed by atoms with van der Waals surface area (Å²) in [5.74, 6) is 1.10. The summed E-state index contributed by atoms with van der Waals surface area (Å²) in [6.07, 6.45) is 11.4. The topological polar surface area (TPSA) is 33.1 Å². The van der Waals surface area contributed by atoms with Crippen LogP contribution in [0.4, 0.5) is 0 Å². The molecule has 1 aliphatic carbocycles. The minimum Gasteiger partial charge on any atom is -0.386 e. The van der Waals surface area contributed by atoms with Crippen LogP contribution in [0.2, 0.25) is 0 Å². The van der Waals surface area contributed by atoms with Gasteiger partial charge in [0.25, 0.3) is 0 Å². The Morgan fingerprint density at radius 1 is 0.923 bits per heavy atom. The van der Waals surface area contributed by atoms with Crippen LogP contribution in [-0.2, 0) is 18.4 Å². The van der Waals surface area contributed by atoms with Gasteiger partial charge in [-0.3, -0.25) is 0 Å². The Morgan fingerprint density at radius 2 is 1.69 bits per heavy atom. The number of pyridine rings is 1. The Labute approximate surface area is 240 Å². The molecule has 1 fully saturated rings. The van der Waals surface area contributed by atoms with E-state index in [1.54, 1.807) is 0 Å². The molecule has 0 atom stereocenters. The quantitative estimate of drug-likeness (QED) is 0.209. The van der Waals surface area contributed by atoms with Gasteiger partial charge < -0.3 is 5.11 Å². The summed E-state index contributed by atoms with van der Waals surface area (Å²) in [6, 6.07) is 27.5. The fraction of sp³-hybridized carbons (Fsp3) is 0.361. The summed E-state index contributed by atoms with van der Waals surface area (Å²) >= 11 is 4.24. The SMILES string of the molecule is CCC1(CS)CC1.Cc1ccc2ccc(/C=C/c3cccc(CCCc4ccccc4C(C)(C)O)c3)nc2c1. The molecule has 0 unspecified atom stereocenters. The molecule has 3 aromatic carbocycles. The predicted octanol–water partition coefficient (Wildman–Crippen LogP) is 9.22. The highest BCUT2D eigenvalue weighted by molar-refractivity contribution is 7.80. The monoisotopic (exact) mass is 537 g/mol. The Balaban J connectivity index is 0.000000438. The predicted molar refractivity (Wildman–Crippen MR) is 171 cm³/mol. The molecular formula is C36H43NOS. The molecule has 5 rings (SSSR count). The third kappa shape index (κ3) is 8.30. The van der Waals surface area contributed by atoms with E-state index in [9.17, 15) is 5.11 Å². The maximum Gasteiger partial charge on any atom is 0.0843 e. The van der Waals surface area contributed by atoms with E-state index >= 15 is 0 Å². The van der Waals surface area contributed by atoms with E-state index in [4.69, 9.17) is 4.98 Å². The van der Waals surface area contributed by atoms with Gasteiger partial charge in [-0.05, 0) is 116 Å². The molecule has 1 heterocycles. The lowest BCUT2D eigenvalue weighted by Gasteiger charge is -2.21. The molecule has 0 spiro atoms. The van der Waals surface area contributed by atoms with Crippen molar-refractivity contribution in [2.45, 2.75) is 71.8 Å². The number of fused-ring (bicyclic) bond motifs is 1. The highest BCUT2D eigenvalue weighted by Crippen LogP contribution is 2.49. The van der Waals surface area contributed by atoms with Crippen LogP contribution >= 0.6 is 12.6 Å². The van der Waals surface area contributed by atoms with E-state index in [1.807, 2.05) is 26.0 Å². The third-order valence-electron chi connectivity index (χ3n) is 7.90. The van der Waals surface area contributed by atoms with Gasteiger partial charge in [-0.1, -0.05) is 79.7 Å². The van der Waals surface area contributed by atoms with Crippen molar-refractivity contribution in [1.82, 2.24) is 4.98 Å². The highest BCUT2D eigenvalue weighted by Gasteiger charge is 2.38. The second kappa shape index (κ2) is 13.0. The first-order valence-corrected chi connectivity index (χ1v) is 14.9. The van der Waals surface area contributed by atoms with Crippen molar-refractivity contribution in [3.63, 3.8) is 0 Å². The standard InChI is InChI=1S/C30H31NO.C6H12S/c1-22-14-16-26-17-19-27(31-29(26)20-22)18-15-24-9-6-8-23(21-24)10-7-12-25-11-4-5-13-28(25)30(2,3)32;1-2-6(5-7)3-4-6/h4-6,8-9,11,13-21,32H,7,10,12H2,1-3H3;7H,2-5H2,1H3/b18-15+;. The van der Waals surface area contributed by atoms with E-state index in [1.165, 1.54) is 46.9 Å². The van der Waals surface area contributed by atoms with E-state index < -0.39 is 5.60 Å². The summed E-state index contributed by atoms with van der Waals surface area (Å²) in [5.41, 5.74) is 7.89. The van der Waals surface area contributed by atoms with Crippen LogP contribution in [0, 0.1) is 12.3 Å². The number of hydrogen-bond acceptors (Lipinski definition) is 3. The molecule has 4 aromatic rings. The van der Waals surface area contributed by atoms with Crippen molar-refractivity contribution in [3.05, 3.63) is 112 Å². The number of thiol groups is 1. The fourth-order valence-electron chi connectivity index (χ4n) is 4.99. The molecule has 0 aliphatic heterocycles. The Morgan fingerprint density at radius 3 is 2.38 bits per heavy atom. The highest BCUT2D eigenvalue weighted by atomic mass is 32.1. The molecule has 2 nitrogen and oxygen atoms in total. The maximum atomic E-state index is 10.4. The summed E-state index contributed by atoms with van der Waals surface area (Å²) < 4.78 is 0. The zero-order valence-corrected chi connectivity index (χ0v) is 24.8. The molecule has 0 saturated heterocycles. The van der Waals surface area contributed by atoms with E-state index in [0.29, 0.717) is 5.41 Å². The third-order valence-corrected chi connectivity index (χ3v) is 8.57. The van der Waals surface area contributed by atoms with Gasteiger partial charge in [-0.25, -0.2) is 4.98 Å². The van der Waals surface area contributed by atoms with Crippen molar-refractivity contribution in [2.75, 3.05) is 5.75 Å². The molecule has 39 heavy (non-hydrogen) atoms. The average molecular weight is 538 g/mol. The van der Waals surface area contributed by atoms with E-state index in [2.05, 4.69) is 105 Å². The number of rotatable bonds is 9. The minimum atomic E-state index is -0.809. The van der Waals surface area contributed by atoms with Gasteiger partial charge in [0.15, 0.2) is 0 Å². The minimum absolute atomic E-state index is 0.698. The van der Waals surface area contributed by atoms with E-state index in [0.717, 1.165) is 41.8 Å². The summed E-state index contributed by atoms with van der Waals surface area (Å²) in [6.45, 7) is 8.06. The summed E-state index contributed by atoms with van der Waals surface area (Å²) in [4.78, 5) is 4.78. The maximum absolute atomic E-state index is 10.4. The molecule has 0 amide bonds. The van der Waals surface area contributed by atoms with Crippen molar-refractivity contribution in [2.24, 2.45) is 5.41 Å². The molecule has 1 saturated carbocycles. The molecular weight excluding hydrogens is 494 g/mol. The number of aliphatic hydroxyl groups is 1. The number of hydrogen-bond donors (Lipinski definition) is 2. The first-order chi connectivity index (χ1) is 18.7. The Bertz CT molecular complexity index is 1410. The first-order valence-electron chi connectivity index (χ1n) is 14.3. The molecule has 204 valence electrons. The number of nitrogens with zero attached hydrogens (tertiary/aromatic N) is 1. The van der Waals surface area contributed by atoms with Gasteiger partial charge in [0, 0.05) is 5.39 Å². The smallest absolute Gasteiger partial charge is 0.0843 e. The molecule has 1 aromatic heterocycles. The summed E-state index contributed by atoms with van der Waals surface area (Å²) in [7, 11) is 0. The van der Waals surface area contributed by atoms with Gasteiger partial charge in [-0.15, -0.1) is 0 Å². The van der Waals surface area contributed by atoms with Gasteiger partial charge >= 0.3 is 0 Å². The van der Waals surface area contributed by atoms with Crippen LogP contribution in [0.5, 0.6) is 0 Å². The molecule has 1 aliphatic rings. The number of benzene rings is 3. The van der Waals surface area contributed by atoms with Crippen LogP contribution in [0.3, 0.4) is 0 Å². The lowest BCUT2D eigenvalue weighted by atomic mass is 9.90. The lowest BCUT2D eigenvalue weighted by Crippen LogP contribution is -2.18. The molecule has 0 radical (unpaired) electrons. The van der Waals surface area contributed by atoms with Crippen LogP contribution in [0.25, 0.3) is 23.1 Å². The van der Waals surface area contributed by atoms with Crippen LogP contribution in [-0.4, -0.2) is 15.8 Å².